The second-order valence-electron chi connectivity index (χ2n) is 4.05. The fourth-order valence-electron chi connectivity index (χ4n) is 1.86. The molecule has 0 aliphatic heterocycles. The highest BCUT2D eigenvalue weighted by Gasteiger charge is 2.06. The summed E-state index contributed by atoms with van der Waals surface area (Å²) in [6.45, 7) is 0.463. The van der Waals surface area contributed by atoms with Crippen molar-refractivity contribution in [2.24, 2.45) is 0 Å². The number of hydrogen-bond donors (Lipinski definition) is 1. The second kappa shape index (κ2) is 7.54. The van der Waals surface area contributed by atoms with E-state index in [-0.39, 0.29) is 6.47 Å². The topological polar surface area (TPSA) is 80.9 Å². The summed E-state index contributed by atoms with van der Waals surface area (Å²) in [5.74, 6) is 0.911. The highest BCUT2D eigenvalue weighted by Crippen LogP contribution is 2.16. The van der Waals surface area contributed by atoms with Gasteiger partial charge in [0.15, 0.2) is 0 Å². The third kappa shape index (κ3) is 3.97. The summed E-state index contributed by atoms with van der Waals surface area (Å²) in [4.78, 5) is 21.2. The highest BCUT2D eigenvalue weighted by atomic mass is 16.3. The predicted octanol–water partition coefficient (Wildman–Crippen LogP) is 2.09. The van der Waals surface area contributed by atoms with Gasteiger partial charge in [0.1, 0.15) is 5.82 Å². The molecule has 0 aliphatic rings. The third-order valence-corrected chi connectivity index (χ3v) is 2.69. The van der Waals surface area contributed by atoms with Gasteiger partial charge < -0.3 is 9.67 Å². The number of nitrogens with zero attached hydrogens (tertiary/aromatic N) is 4. The van der Waals surface area contributed by atoms with Crippen LogP contribution in [-0.2, 0) is 11.3 Å². The van der Waals surface area contributed by atoms with Gasteiger partial charge in [-0.25, -0.2) is 4.98 Å². The molecule has 0 aliphatic carbocycles. The maximum absolute atomic E-state index is 8.36. The van der Waals surface area contributed by atoms with E-state index in [9.17, 15) is 0 Å². The van der Waals surface area contributed by atoms with Gasteiger partial charge in [0.25, 0.3) is 6.47 Å². The molecule has 0 unspecified atom stereocenters. The Kier molecular flexibility index (Phi) is 5.17. The zero-order valence-electron chi connectivity index (χ0n) is 11.2. The van der Waals surface area contributed by atoms with Crippen LogP contribution in [0.1, 0.15) is 5.69 Å². The first-order chi connectivity index (χ1) is 10.3. The van der Waals surface area contributed by atoms with E-state index < -0.39 is 0 Å². The van der Waals surface area contributed by atoms with Gasteiger partial charge in [0, 0.05) is 36.5 Å². The van der Waals surface area contributed by atoms with Crippen molar-refractivity contribution in [3.63, 3.8) is 0 Å². The maximum atomic E-state index is 8.36. The first-order valence-electron chi connectivity index (χ1n) is 6.24. The van der Waals surface area contributed by atoms with Gasteiger partial charge in [0.05, 0.1) is 12.2 Å². The Hall–Kier alpha value is -3.02. The Morgan fingerprint density at radius 1 is 1.10 bits per heavy atom. The van der Waals surface area contributed by atoms with Crippen LogP contribution in [0.25, 0.3) is 11.4 Å². The van der Waals surface area contributed by atoms with E-state index in [4.69, 9.17) is 9.90 Å². The lowest BCUT2D eigenvalue weighted by atomic mass is 10.2. The van der Waals surface area contributed by atoms with Crippen LogP contribution >= 0.6 is 0 Å². The van der Waals surface area contributed by atoms with Crippen molar-refractivity contribution in [3.05, 3.63) is 67.0 Å². The molecule has 0 bridgehead atoms. The van der Waals surface area contributed by atoms with Crippen molar-refractivity contribution >= 4 is 6.47 Å². The quantitative estimate of drug-likeness (QED) is 0.744. The Labute approximate surface area is 121 Å². The molecule has 0 radical (unpaired) electrons. The predicted molar refractivity (Wildman–Crippen MR) is 77.5 cm³/mol. The number of pyridine rings is 2. The fraction of sp³-hybridized carbons (Fsp3) is 0.0667. The van der Waals surface area contributed by atoms with Crippen molar-refractivity contribution in [1.29, 1.82) is 0 Å². The Bertz CT molecular complexity index is 668. The lowest BCUT2D eigenvalue weighted by Gasteiger charge is -2.06. The molecular formula is C15H14N4O2. The lowest BCUT2D eigenvalue weighted by Crippen LogP contribution is -2.02. The molecule has 6 nitrogen and oxygen atoms in total. The van der Waals surface area contributed by atoms with Crippen molar-refractivity contribution in [2.45, 2.75) is 6.54 Å². The lowest BCUT2D eigenvalue weighted by molar-refractivity contribution is -0.122. The van der Waals surface area contributed by atoms with Crippen LogP contribution in [0.3, 0.4) is 0 Å². The molecule has 0 spiro atoms. The number of aromatic nitrogens is 4. The molecule has 3 rings (SSSR count). The molecular weight excluding hydrogens is 268 g/mol. The molecule has 3 aromatic heterocycles. The monoisotopic (exact) mass is 282 g/mol. The van der Waals surface area contributed by atoms with Gasteiger partial charge >= 0.3 is 0 Å². The van der Waals surface area contributed by atoms with Crippen LogP contribution in [0.15, 0.2) is 61.3 Å². The molecule has 106 valence electrons. The number of carboxylic acid groups (broad SMARTS) is 1. The standard InChI is InChI=1S/C14H12N4.CH2O2/c1-2-7-16-13(5-1)11-18-9-8-17-14(18)12-4-3-6-15-10-12;2-1-3/h1-10H,11H2;1H,(H,2,3). The molecule has 21 heavy (non-hydrogen) atoms. The van der Waals surface area contributed by atoms with Crippen molar-refractivity contribution in [2.75, 3.05) is 0 Å². The molecule has 0 saturated carbocycles. The summed E-state index contributed by atoms with van der Waals surface area (Å²) in [7, 11) is 0. The van der Waals surface area contributed by atoms with Crippen LogP contribution < -0.4 is 0 Å². The summed E-state index contributed by atoms with van der Waals surface area (Å²) < 4.78 is 2.07. The molecule has 1 N–H and O–H groups in total. The summed E-state index contributed by atoms with van der Waals surface area (Å²) in [5.41, 5.74) is 2.03. The van der Waals surface area contributed by atoms with Gasteiger partial charge in [-0.05, 0) is 24.3 Å². The number of carbonyl (C=O) groups is 1. The van der Waals surface area contributed by atoms with Crippen molar-refractivity contribution in [3.8, 4) is 11.4 Å². The summed E-state index contributed by atoms with van der Waals surface area (Å²) >= 11 is 0. The van der Waals surface area contributed by atoms with E-state index >= 15 is 0 Å². The van der Waals surface area contributed by atoms with Crippen LogP contribution in [0.2, 0.25) is 0 Å². The summed E-state index contributed by atoms with van der Waals surface area (Å²) in [5, 5.41) is 6.89. The number of rotatable bonds is 3. The Balaban J connectivity index is 0.000000497. The minimum atomic E-state index is -0.250. The number of hydrogen-bond acceptors (Lipinski definition) is 4. The molecule has 0 amide bonds. The molecule has 3 aromatic rings. The highest BCUT2D eigenvalue weighted by molar-refractivity contribution is 5.53. The van der Waals surface area contributed by atoms with E-state index in [1.54, 1.807) is 18.6 Å². The molecule has 0 aromatic carbocycles. The van der Waals surface area contributed by atoms with Gasteiger partial charge in [-0.1, -0.05) is 6.07 Å². The minimum Gasteiger partial charge on any atom is -0.483 e. The number of imidazole rings is 1. The average molecular weight is 282 g/mol. The van der Waals surface area contributed by atoms with Crippen molar-refractivity contribution in [1.82, 2.24) is 19.5 Å². The van der Waals surface area contributed by atoms with Crippen LogP contribution in [-0.4, -0.2) is 31.1 Å². The van der Waals surface area contributed by atoms with Gasteiger partial charge in [-0.2, -0.15) is 0 Å². The first-order valence-corrected chi connectivity index (χ1v) is 6.24. The van der Waals surface area contributed by atoms with Gasteiger partial charge in [-0.3, -0.25) is 14.8 Å². The van der Waals surface area contributed by atoms with Crippen molar-refractivity contribution < 1.29 is 9.90 Å². The Morgan fingerprint density at radius 3 is 2.62 bits per heavy atom. The molecule has 0 saturated heterocycles. The Morgan fingerprint density at radius 2 is 1.95 bits per heavy atom. The van der Waals surface area contributed by atoms with Crippen LogP contribution in [0.4, 0.5) is 0 Å². The van der Waals surface area contributed by atoms with E-state index in [2.05, 4.69) is 19.5 Å². The van der Waals surface area contributed by atoms with E-state index in [1.165, 1.54) is 0 Å². The maximum Gasteiger partial charge on any atom is 0.290 e. The minimum absolute atomic E-state index is 0.250. The zero-order valence-corrected chi connectivity index (χ0v) is 11.2. The van der Waals surface area contributed by atoms with Crippen LogP contribution in [0.5, 0.6) is 0 Å². The van der Waals surface area contributed by atoms with Gasteiger partial charge in [-0.15, -0.1) is 0 Å². The summed E-state index contributed by atoms with van der Waals surface area (Å²) in [6.07, 6.45) is 9.13. The normalized spacial score (nSPS) is 9.52. The second-order valence-corrected chi connectivity index (χ2v) is 4.05. The third-order valence-electron chi connectivity index (χ3n) is 2.69. The SMILES string of the molecule is O=CO.c1ccc(Cn2ccnc2-c2cccnc2)nc1. The molecule has 0 atom stereocenters. The van der Waals surface area contributed by atoms with Gasteiger partial charge in [0.2, 0.25) is 0 Å². The summed E-state index contributed by atoms with van der Waals surface area (Å²) in [6, 6.07) is 9.83. The van der Waals surface area contributed by atoms with E-state index in [0.717, 1.165) is 17.1 Å². The molecule has 6 heteroatoms. The zero-order chi connectivity index (χ0) is 14.9. The largest absolute Gasteiger partial charge is 0.483 e. The fourth-order valence-corrected chi connectivity index (χ4v) is 1.86. The smallest absolute Gasteiger partial charge is 0.290 e. The molecule has 0 fully saturated rings. The van der Waals surface area contributed by atoms with E-state index in [1.807, 2.05) is 42.7 Å². The average Bonchev–Trinajstić information content (AvgIpc) is 2.98. The first kappa shape index (κ1) is 14.4. The van der Waals surface area contributed by atoms with E-state index in [0.29, 0.717) is 6.54 Å². The molecule has 3 heterocycles. The van der Waals surface area contributed by atoms with Crippen LogP contribution in [0, 0.1) is 0 Å².